The van der Waals surface area contributed by atoms with Gasteiger partial charge in [-0.25, -0.2) is 14.4 Å². The highest BCUT2D eigenvalue weighted by Gasteiger charge is 2.20. The molecule has 2 heterocycles. The van der Waals surface area contributed by atoms with Crippen molar-refractivity contribution >= 4 is 5.95 Å². The van der Waals surface area contributed by atoms with E-state index in [-0.39, 0.29) is 12.4 Å². The topological polar surface area (TPSA) is 61.7 Å². The SMILES string of the molecule is O[C@@H](COc1ccc(F)cc1)CN1CCN(c2ncccn2)CC1. The number of aromatic nitrogens is 2. The molecule has 0 spiro atoms. The molecule has 128 valence electrons. The highest BCUT2D eigenvalue weighted by atomic mass is 19.1. The third-order valence-corrected chi connectivity index (χ3v) is 3.93. The van der Waals surface area contributed by atoms with Gasteiger partial charge in [0, 0.05) is 45.1 Å². The molecule has 1 aromatic heterocycles. The van der Waals surface area contributed by atoms with Crippen LogP contribution < -0.4 is 9.64 Å². The number of benzene rings is 1. The lowest BCUT2D eigenvalue weighted by molar-refractivity contribution is 0.0662. The van der Waals surface area contributed by atoms with Crippen LogP contribution in [-0.2, 0) is 0 Å². The number of rotatable bonds is 6. The van der Waals surface area contributed by atoms with E-state index >= 15 is 0 Å². The maximum Gasteiger partial charge on any atom is 0.225 e. The number of β-amino-alcohol motifs (C(OH)–C–C–N with tert-alkyl or cyclic N) is 1. The fourth-order valence-corrected chi connectivity index (χ4v) is 2.66. The van der Waals surface area contributed by atoms with Crippen LogP contribution in [0.1, 0.15) is 0 Å². The van der Waals surface area contributed by atoms with Crippen LogP contribution in [0.25, 0.3) is 0 Å². The molecule has 0 bridgehead atoms. The van der Waals surface area contributed by atoms with Gasteiger partial charge in [0.15, 0.2) is 0 Å². The number of hydrogen-bond donors (Lipinski definition) is 1. The second-order valence-corrected chi connectivity index (χ2v) is 5.76. The average molecular weight is 332 g/mol. The lowest BCUT2D eigenvalue weighted by Gasteiger charge is -2.35. The molecule has 1 aliphatic heterocycles. The van der Waals surface area contributed by atoms with Gasteiger partial charge < -0.3 is 14.7 Å². The summed E-state index contributed by atoms with van der Waals surface area (Å²) >= 11 is 0. The third-order valence-electron chi connectivity index (χ3n) is 3.93. The molecule has 24 heavy (non-hydrogen) atoms. The van der Waals surface area contributed by atoms with Gasteiger partial charge in [0.1, 0.15) is 24.3 Å². The van der Waals surface area contributed by atoms with Crippen LogP contribution in [-0.4, -0.2) is 65.4 Å². The number of aliphatic hydroxyl groups excluding tert-OH is 1. The fraction of sp³-hybridized carbons (Fsp3) is 0.412. The Labute approximate surface area is 140 Å². The van der Waals surface area contributed by atoms with Gasteiger partial charge in [-0.05, 0) is 30.3 Å². The first-order valence-corrected chi connectivity index (χ1v) is 8.01. The minimum Gasteiger partial charge on any atom is -0.491 e. The van der Waals surface area contributed by atoms with Gasteiger partial charge in [-0.3, -0.25) is 4.90 Å². The van der Waals surface area contributed by atoms with Gasteiger partial charge in [-0.2, -0.15) is 0 Å². The fourth-order valence-electron chi connectivity index (χ4n) is 2.66. The Hall–Kier alpha value is -2.25. The van der Waals surface area contributed by atoms with Gasteiger partial charge in [0.2, 0.25) is 5.95 Å². The van der Waals surface area contributed by atoms with E-state index in [1.807, 2.05) is 0 Å². The van der Waals surface area contributed by atoms with E-state index in [1.165, 1.54) is 12.1 Å². The number of piperazine rings is 1. The molecule has 1 saturated heterocycles. The van der Waals surface area contributed by atoms with Gasteiger partial charge in [-0.15, -0.1) is 0 Å². The van der Waals surface area contributed by atoms with Crippen molar-refractivity contribution in [2.75, 3.05) is 44.2 Å². The zero-order chi connectivity index (χ0) is 16.8. The van der Waals surface area contributed by atoms with Crippen molar-refractivity contribution < 1.29 is 14.2 Å². The Morgan fingerprint density at radius 1 is 1.08 bits per heavy atom. The first-order valence-electron chi connectivity index (χ1n) is 8.01. The number of ether oxygens (including phenoxy) is 1. The first-order chi connectivity index (χ1) is 11.7. The summed E-state index contributed by atoms with van der Waals surface area (Å²) in [5.41, 5.74) is 0. The van der Waals surface area contributed by atoms with E-state index in [4.69, 9.17) is 4.74 Å². The van der Waals surface area contributed by atoms with Crippen LogP contribution in [0, 0.1) is 5.82 Å². The molecular weight excluding hydrogens is 311 g/mol. The van der Waals surface area contributed by atoms with Crippen LogP contribution >= 0.6 is 0 Å². The molecule has 0 radical (unpaired) electrons. The standard InChI is InChI=1S/C17H21FN4O2/c18-14-2-4-16(5-3-14)24-13-15(23)12-21-8-10-22(11-9-21)17-19-6-1-7-20-17/h1-7,15,23H,8-13H2/t15-/m1/s1. The Balaban J connectivity index is 1.40. The van der Waals surface area contributed by atoms with Gasteiger partial charge in [0.05, 0.1) is 0 Å². The van der Waals surface area contributed by atoms with E-state index in [9.17, 15) is 9.50 Å². The minimum atomic E-state index is -0.588. The number of nitrogens with zero attached hydrogens (tertiary/aromatic N) is 4. The molecule has 1 aromatic carbocycles. The first kappa shape index (κ1) is 16.6. The van der Waals surface area contributed by atoms with Crippen LogP contribution in [0.3, 0.4) is 0 Å². The quantitative estimate of drug-likeness (QED) is 0.857. The molecule has 0 aliphatic carbocycles. The second kappa shape index (κ2) is 8.03. The lowest BCUT2D eigenvalue weighted by atomic mass is 10.2. The van der Waals surface area contributed by atoms with E-state index in [0.29, 0.717) is 12.3 Å². The molecule has 0 unspecified atom stereocenters. The lowest BCUT2D eigenvalue weighted by Crippen LogP contribution is -2.49. The van der Waals surface area contributed by atoms with E-state index in [1.54, 1.807) is 30.6 Å². The summed E-state index contributed by atoms with van der Waals surface area (Å²) in [6.45, 7) is 4.07. The molecule has 0 amide bonds. The molecule has 6 nitrogen and oxygen atoms in total. The van der Waals surface area contributed by atoms with Crippen molar-refractivity contribution in [1.29, 1.82) is 0 Å². The van der Waals surface area contributed by atoms with Crippen molar-refractivity contribution in [3.63, 3.8) is 0 Å². The smallest absolute Gasteiger partial charge is 0.225 e. The minimum absolute atomic E-state index is 0.188. The zero-order valence-electron chi connectivity index (χ0n) is 13.4. The van der Waals surface area contributed by atoms with E-state index in [0.717, 1.165) is 32.1 Å². The number of halogens is 1. The van der Waals surface area contributed by atoms with E-state index < -0.39 is 6.10 Å². The highest BCUT2D eigenvalue weighted by molar-refractivity contribution is 5.29. The van der Waals surface area contributed by atoms with Crippen molar-refractivity contribution in [3.05, 3.63) is 48.5 Å². The molecule has 3 rings (SSSR count). The average Bonchev–Trinajstić information content (AvgIpc) is 2.63. The Morgan fingerprint density at radius 3 is 2.42 bits per heavy atom. The molecule has 1 fully saturated rings. The largest absolute Gasteiger partial charge is 0.491 e. The van der Waals surface area contributed by atoms with Crippen molar-refractivity contribution in [2.45, 2.75) is 6.10 Å². The maximum absolute atomic E-state index is 12.8. The molecule has 1 N–H and O–H groups in total. The summed E-state index contributed by atoms with van der Waals surface area (Å²) in [5, 5.41) is 10.1. The Morgan fingerprint density at radius 2 is 1.75 bits per heavy atom. The molecule has 0 saturated carbocycles. The van der Waals surface area contributed by atoms with E-state index in [2.05, 4.69) is 19.8 Å². The Kier molecular flexibility index (Phi) is 5.55. The maximum atomic E-state index is 12.8. The third kappa shape index (κ3) is 4.62. The van der Waals surface area contributed by atoms with Gasteiger partial charge in [0.25, 0.3) is 0 Å². The van der Waals surface area contributed by atoms with Crippen molar-refractivity contribution in [2.24, 2.45) is 0 Å². The number of anilines is 1. The Bertz CT molecular complexity index is 618. The molecule has 1 atom stereocenters. The predicted octanol–water partition coefficient (Wildman–Crippen LogP) is 1.18. The van der Waals surface area contributed by atoms with Crippen molar-refractivity contribution in [1.82, 2.24) is 14.9 Å². The van der Waals surface area contributed by atoms with Gasteiger partial charge >= 0.3 is 0 Å². The number of hydrogen-bond acceptors (Lipinski definition) is 6. The van der Waals surface area contributed by atoms with Crippen LogP contribution in [0.5, 0.6) is 5.75 Å². The summed E-state index contributed by atoms with van der Waals surface area (Å²) in [7, 11) is 0. The summed E-state index contributed by atoms with van der Waals surface area (Å²) in [4.78, 5) is 12.8. The highest BCUT2D eigenvalue weighted by Crippen LogP contribution is 2.12. The second-order valence-electron chi connectivity index (χ2n) is 5.76. The number of aliphatic hydroxyl groups is 1. The van der Waals surface area contributed by atoms with Crippen LogP contribution in [0.4, 0.5) is 10.3 Å². The van der Waals surface area contributed by atoms with Gasteiger partial charge in [-0.1, -0.05) is 0 Å². The molecular formula is C17H21FN4O2. The predicted molar refractivity (Wildman–Crippen MR) is 88.6 cm³/mol. The van der Waals surface area contributed by atoms with Crippen LogP contribution in [0.2, 0.25) is 0 Å². The summed E-state index contributed by atoms with van der Waals surface area (Å²) in [6.07, 6.45) is 2.89. The van der Waals surface area contributed by atoms with Crippen LogP contribution in [0.15, 0.2) is 42.7 Å². The monoisotopic (exact) mass is 332 g/mol. The summed E-state index contributed by atoms with van der Waals surface area (Å²) in [6, 6.07) is 7.60. The summed E-state index contributed by atoms with van der Waals surface area (Å²) < 4.78 is 18.3. The molecule has 7 heteroatoms. The molecule has 2 aromatic rings. The van der Waals surface area contributed by atoms with Crippen molar-refractivity contribution in [3.8, 4) is 5.75 Å². The molecule has 1 aliphatic rings. The summed E-state index contributed by atoms with van der Waals surface area (Å²) in [5.74, 6) is 1.00. The zero-order valence-corrected chi connectivity index (χ0v) is 13.4. The normalized spacial score (nSPS) is 16.8.